The smallest absolute Gasteiger partial charge is 0.292 e. The zero-order chi connectivity index (χ0) is 22.7. The molecule has 1 saturated heterocycles. The normalized spacial score (nSPS) is 15.7. The van der Waals surface area contributed by atoms with Crippen LogP contribution >= 0.6 is 0 Å². The van der Waals surface area contributed by atoms with Crippen molar-refractivity contribution in [2.75, 3.05) is 47.5 Å². The Hall–Kier alpha value is -3.59. The van der Waals surface area contributed by atoms with Gasteiger partial charge in [-0.1, -0.05) is 6.07 Å². The molecule has 0 spiro atoms. The third kappa shape index (κ3) is 4.24. The van der Waals surface area contributed by atoms with Crippen molar-refractivity contribution >= 4 is 5.91 Å². The van der Waals surface area contributed by atoms with Gasteiger partial charge in [0.05, 0.1) is 21.3 Å². The molecule has 0 radical (unpaired) electrons. The molecule has 2 aromatic carbocycles. The zero-order valence-electron chi connectivity index (χ0n) is 18.3. The predicted octanol–water partition coefficient (Wildman–Crippen LogP) is 2.38. The molecule has 9 heteroatoms. The molecule has 2 aliphatic heterocycles. The fourth-order valence-electron chi connectivity index (χ4n) is 3.82. The topological polar surface area (TPSA) is 89.9 Å². The molecule has 0 bridgehead atoms. The number of hydrogen-bond acceptors (Lipinski definition) is 8. The lowest BCUT2D eigenvalue weighted by atomic mass is 10.1. The number of ether oxygens (including phenoxy) is 5. The van der Waals surface area contributed by atoms with Gasteiger partial charge in [0.15, 0.2) is 23.0 Å². The highest BCUT2D eigenvalue weighted by Crippen LogP contribution is 2.40. The van der Waals surface area contributed by atoms with Gasteiger partial charge in [-0.2, -0.15) is 0 Å². The van der Waals surface area contributed by atoms with Crippen LogP contribution in [0.3, 0.4) is 0 Å². The van der Waals surface area contributed by atoms with Gasteiger partial charge in [0, 0.05) is 44.4 Å². The molecular weight excluding hydrogens is 416 g/mol. The Bertz CT molecular complexity index is 1030. The Morgan fingerprint density at radius 3 is 2.41 bits per heavy atom. The number of aromatic hydroxyl groups is 1. The van der Waals surface area contributed by atoms with E-state index in [0.29, 0.717) is 61.5 Å². The SMILES string of the molecule is COc1ccc(CN2CCN(C(=O)C3=COc4cc(O)ccc4O3)CC2)c(OC)c1OC. The molecule has 2 heterocycles. The van der Waals surface area contributed by atoms with E-state index in [-0.39, 0.29) is 17.4 Å². The van der Waals surface area contributed by atoms with Gasteiger partial charge in [0.2, 0.25) is 11.5 Å². The third-order valence-electron chi connectivity index (χ3n) is 5.49. The fourth-order valence-corrected chi connectivity index (χ4v) is 3.82. The first-order valence-electron chi connectivity index (χ1n) is 10.2. The molecule has 1 amide bonds. The summed E-state index contributed by atoms with van der Waals surface area (Å²) in [6.07, 6.45) is 1.28. The second-order valence-electron chi connectivity index (χ2n) is 7.39. The number of fused-ring (bicyclic) bond motifs is 1. The number of amides is 1. The Labute approximate surface area is 186 Å². The van der Waals surface area contributed by atoms with E-state index >= 15 is 0 Å². The van der Waals surface area contributed by atoms with Crippen molar-refractivity contribution in [1.82, 2.24) is 9.80 Å². The molecule has 1 fully saturated rings. The molecule has 9 nitrogen and oxygen atoms in total. The van der Waals surface area contributed by atoms with Crippen molar-refractivity contribution < 1.29 is 33.6 Å². The average Bonchev–Trinajstić information content (AvgIpc) is 2.83. The van der Waals surface area contributed by atoms with E-state index in [4.69, 9.17) is 23.7 Å². The Balaban J connectivity index is 1.37. The molecule has 0 aromatic heterocycles. The average molecular weight is 442 g/mol. The maximum Gasteiger partial charge on any atom is 0.292 e. The summed E-state index contributed by atoms with van der Waals surface area (Å²) in [5, 5.41) is 9.53. The predicted molar refractivity (Wildman–Crippen MR) is 115 cm³/mol. The summed E-state index contributed by atoms with van der Waals surface area (Å²) in [5.74, 6) is 2.55. The first-order chi connectivity index (χ1) is 15.5. The van der Waals surface area contributed by atoms with Gasteiger partial charge in [-0.3, -0.25) is 9.69 Å². The van der Waals surface area contributed by atoms with Crippen molar-refractivity contribution in [3.63, 3.8) is 0 Å². The minimum atomic E-state index is -0.230. The molecule has 4 rings (SSSR count). The number of hydrogen-bond donors (Lipinski definition) is 1. The highest BCUT2D eigenvalue weighted by molar-refractivity contribution is 5.92. The van der Waals surface area contributed by atoms with Crippen LogP contribution in [0.25, 0.3) is 0 Å². The number of piperazine rings is 1. The van der Waals surface area contributed by atoms with Crippen LogP contribution in [0.4, 0.5) is 0 Å². The van der Waals surface area contributed by atoms with Crippen molar-refractivity contribution in [3.05, 3.63) is 47.9 Å². The lowest BCUT2D eigenvalue weighted by molar-refractivity contribution is -0.131. The molecule has 0 atom stereocenters. The van der Waals surface area contributed by atoms with Crippen LogP contribution in [-0.4, -0.2) is 68.3 Å². The third-order valence-corrected chi connectivity index (χ3v) is 5.49. The van der Waals surface area contributed by atoms with E-state index in [1.807, 2.05) is 12.1 Å². The van der Waals surface area contributed by atoms with Crippen LogP contribution in [0, 0.1) is 0 Å². The number of phenolic OH excluding ortho intramolecular Hbond substituents is 1. The zero-order valence-corrected chi connectivity index (χ0v) is 18.3. The van der Waals surface area contributed by atoms with Crippen LogP contribution in [-0.2, 0) is 11.3 Å². The van der Waals surface area contributed by atoms with Crippen LogP contribution in [0.1, 0.15) is 5.56 Å². The molecule has 0 saturated carbocycles. The Morgan fingerprint density at radius 1 is 0.969 bits per heavy atom. The van der Waals surface area contributed by atoms with E-state index < -0.39 is 0 Å². The van der Waals surface area contributed by atoms with Gasteiger partial charge < -0.3 is 33.7 Å². The molecule has 2 aliphatic rings. The summed E-state index contributed by atoms with van der Waals surface area (Å²) in [7, 11) is 4.78. The second kappa shape index (κ2) is 9.27. The molecule has 170 valence electrons. The van der Waals surface area contributed by atoms with Crippen LogP contribution in [0.15, 0.2) is 42.4 Å². The Morgan fingerprint density at radius 2 is 1.72 bits per heavy atom. The van der Waals surface area contributed by atoms with E-state index in [1.54, 1.807) is 32.3 Å². The number of methoxy groups -OCH3 is 3. The number of benzene rings is 2. The fraction of sp³-hybridized carbons (Fsp3) is 0.348. The standard InChI is InChI=1S/C23H26N2O7/c1-28-18-6-4-15(21(29-2)22(18)30-3)13-24-8-10-25(11-9-24)23(27)20-14-31-19-12-16(26)5-7-17(19)32-20/h4-7,12,14,26H,8-11,13H2,1-3H3. The summed E-state index contributed by atoms with van der Waals surface area (Å²) < 4.78 is 27.5. The minimum Gasteiger partial charge on any atom is -0.508 e. The highest BCUT2D eigenvalue weighted by atomic mass is 16.6. The molecule has 1 N–H and O–H groups in total. The minimum absolute atomic E-state index is 0.0674. The van der Waals surface area contributed by atoms with Gasteiger partial charge >= 0.3 is 0 Å². The lowest BCUT2D eigenvalue weighted by Gasteiger charge is -2.35. The first kappa shape index (κ1) is 21.6. The van der Waals surface area contributed by atoms with Crippen LogP contribution in [0.2, 0.25) is 0 Å². The number of carbonyl (C=O) groups excluding carboxylic acids is 1. The van der Waals surface area contributed by atoms with Gasteiger partial charge in [0.1, 0.15) is 12.0 Å². The monoisotopic (exact) mass is 442 g/mol. The van der Waals surface area contributed by atoms with Crippen molar-refractivity contribution in [1.29, 1.82) is 0 Å². The number of nitrogens with zero attached hydrogens (tertiary/aromatic N) is 2. The molecule has 2 aromatic rings. The summed E-state index contributed by atoms with van der Waals surface area (Å²) in [4.78, 5) is 16.9. The summed E-state index contributed by atoms with van der Waals surface area (Å²) in [6.45, 7) is 3.16. The maximum absolute atomic E-state index is 12.9. The summed E-state index contributed by atoms with van der Waals surface area (Å²) in [6, 6.07) is 8.32. The second-order valence-corrected chi connectivity index (χ2v) is 7.39. The number of carbonyl (C=O) groups is 1. The molecular formula is C23H26N2O7. The molecule has 0 unspecified atom stereocenters. The van der Waals surface area contributed by atoms with Gasteiger partial charge in [-0.05, 0) is 18.2 Å². The largest absolute Gasteiger partial charge is 0.508 e. The van der Waals surface area contributed by atoms with Crippen molar-refractivity contribution in [2.24, 2.45) is 0 Å². The van der Waals surface area contributed by atoms with E-state index in [9.17, 15) is 9.90 Å². The summed E-state index contributed by atoms with van der Waals surface area (Å²) in [5.41, 5.74) is 0.983. The first-order valence-corrected chi connectivity index (χ1v) is 10.2. The van der Waals surface area contributed by atoms with E-state index in [0.717, 1.165) is 5.56 Å². The Kier molecular flexibility index (Phi) is 6.27. The van der Waals surface area contributed by atoms with Crippen LogP contribution in [0.5, 0.6) is 34.5 Å². The molecule has 0 aliphatic carbocycles. The van der Waals surface area contributed by atoms with E-state index in [2.05, 4.69) is 4.90 Å². The lowest BCUT2D eigenvalue weighted by Crippen LogP contribution is -2.49. The molecule has 32 heavy (non-hydrogen) atoms. The summed E-state index contributed by atoms with van der Waals surface area (Å²) >= 11 is 0. The quantitative estimate of drug-likeness (QED) is 0.730. The van der Waals surface area contributed by atoms with Crippen molar-refractivity contribution in [2.45, 2.75) is 6.54 Å². The maximum atomic E-state index is 12.9. The van der Waals surface area contributed by atoms with Gasteiger partial charge in [0.25, 0.3) is 5.91 Å². The van der Waals surface area contributed by atoms with E-state index in [1.165, 1.54) is 18.4 Å². The van der Waals surface area contributed by atoms with Crippen LogP contribution < -0.4 is 23.7 Å². The highest BCUT2D eigenvalue weighted by Gasteiger charge is 2.28. The van der Waals surface area contributed by atoms with Crippen molar-refractivity contribution in [3.8, 4) is 34.5 Å². The van der Waals surface area contributed by atoms with Gasteiger partial charge in [-0.15, -0.1) is 0 Å². The number of phenols is 1. The van der Waals surface area contributed by atoms with Gasteiger partial charge in [-0.25, -0.2) is 0 Å². The number of rotatable bonds is 6.